The number of fused-ring (bicyclic) bond motifs is 1. The molecule has 2 nitrogen and oxygen atoms in total. The van der Waals surface area contributed by atoms with Crippen molar-refractivity contribution in [1.29, 1.82) is 0 Å². The van der Waals surface area contributed by atoms with Crippen LogP contribution in [0.3, 0.4) is 0 Å². The van der Waals surface area contributed by atoms with Gasteiger partial charge in [-0.25, -0.2) is 4.98 Å². The summed E-state index contributed by atoms with van der Waals surface area (Å²) < 4.78 is 0. The second-order valence-corrected chi connectivity index (χ2v) is 5.05. The van der Waals surface area contributed by atoms with Gasteiger partial charge < -0.3 is 4.98 Å². The lowest BCUT2D eigenvalue weighted by atomic mass is 10.2. The SMILES string of the molecule is CCCCCCSc1nc2ccccc2[nH]1. The summed E-state index contributed by atoms with van der Waals surface area (Å²) in [5.74, 6) is 1.17. The first-order chi connectivity index (χ1) is 7.90. The lowest BCUT2D eigenvalue weighted by Gasteiger charge is -1.97. The van der Waals surface area contributed by atoms with Crippen LogP contribution in [0.15, 0.2) is 29.4 Å². The number of benzene rings is 1. The molecule has 3 heteroatoms. The number of para-hydroxylation sites is 2. The van der Waals surface area contributed by atoms with E-state index in [9.17, 15) is 0 Å². The molecule has 1 heterocycles. The molecule has 0 aliphatic rings. The number of aromatic nitrogens is 2. The third-order valence-electron chi connectivity index (χ3n) is 2.60. The Labute approximate surface area is 101 Å². The molecule has 0 radical (unpaired) electrons. The summed E-state index contributed by atoms with van der Waals surface area (Å²) in [7, 11) is 0. The van der Waals surface area contributed by atoms with Crippen molar-refractivity contribution in [3.63, 3.8) is 0 Å². The van der Waals surface area contributed by atoms with Gasteiger partial charge in [0.2, 0.25) is 0 Å². The molecular weight excluding hydrogens is 216 g/mol. The van der Waals surface area contributed by atoms with E-state index in [1.54, 1.807) is 0 Å². The largest absolute Gasteiger partial charge is 0.333 e. The van der Waals surface area contributed by atoms with E-state index in [2.05, 4.69) is 23.0 Å². The van der Waals surface area contributed by atoms with Crippen molar-refractivity contribution >= 4 is 22.8 Å². The van der Waals surface area contributed by atoms with E-state index >= 15 is 0 Å². The van der Waals surface area contributed by atoms with Gasteiger partial charge in [0.1, 0.15) is 0 Å². The van der Waals surface area contributed by atoms with Crippen LogP contribution < -0.4 is 0 Å². The Bertz CT molecular complexity index is 403. The van der Waals surface area contributed by atoms with Crippen molar-refractivity contribution in [3.05, 3.63) is 24.3 Å². The first kappa shape index (κ1) is 11.5. The minimum atomic E-state index is 1.05. The topological polar surface area (TPSA) is 28.7 Å². The summed E-state index contributed by atoms with van der Waals surface area (Å²) in [6, 6.07) is 8.19. The van der Waals surface area contributed by atoms with E-state index in [0.717, 1.165) is 16.2 Å². The third-order valence-corrected chi connectivity index (χ3v) is 3.56. The molecule has 0 atom stereocenters. The Morgan fingerprint density at radius 2 is 2.06 bits per heavy atom. The van der Waals surface area contributed by atoms with E-state index in [0.29, 0.717) is 0 Å². The number of nitrogens with zero attached hydrogens (tertiary/aromatic N) is 1. The van der Waals surface area contributed by atoms with Crippen molar-refractivity contribution < 1.29 is 0 Å². The molecule has 0 aliphatic heterocycles. The van der Waals surface area contributed by atoms with Crippen molar-refractivity contribution in [3.8, 4) is 0 Å². The fourth-order valence-electron chi connectivity index (χ4n) is 1.70. The van der Waals surface area contributed by atoms with Crippen LogP contribution >= 0.6 is 11.8 Å². The van der Waals surface area contributed by atoms with Gasteiger partial charge in [-0.15, -0.1) is 0 Å². The number of nitrogens with one attached hydrogen (secondary N) is 1. The molecule has 0 amide bonds. The van der Waals surface area contributed by atoms with Crippen LogP contribution in [0.2, 0.25) is 0 Å². The molecule has 1 aromatic heterocycles. The molecule has 1 aromatic carbocycles. The van der Waals surface area contributed by atoms with Crippen LogP contribution in [0.5, 0.6) is 0 Å². The van der Waals surface area contributed by atoms with Crippen LogP contribution in [0.4, 0.5) is 0 Å². The van der Waals surface area contributed by atoms with Gasteiger partial charge in [0, 0.05) is 5.75 Å². The van der Waals surface area contributed by atoms with Crippen molar-refractivity contribution in [2.45, 2.75) is 37.8 Å². The van der Waals surface area contributed by atoms with Gasteiger partial charge in [-0.3, -0.25) is 0 Å². The normalized spacial score (nSPS) is 11.1. The Morgan fingerprint density at radius 1 is 1.19 bits per heavy atom. The number of H-pyrrole nitrogens is 1. The predicted molar refractivity (Wildman–Crippen MR) is 71.0 cm³/mol. The maximum absolute atomic E-state index is 4.54. The monoisotopic (exact) mass is 234 g/mol. The van der Waals surface area contributed by atoms with E-state index < -0.39 is 0 Å². The molecule has 0 unspecified atom stereocenters. The summed E-state index contributed by atoms with van der Waals surface area (Å²) >= 11 is 1.83. The number of aromatic amines is 1. The van der Waals surface area contributed by atoms with Crippen LogP contribution in [-0.2, 0) is 0 Å². The molecule has 0 fully saturated rings. The molecule has 0 spiro atoms. The van der Waals surface area contributed by atoms with E-state index in [1.807, 2.05) is 30.0 Å². The molecule has 2 rings (SSSR count). The van der Waals surface area contributed by atoms with Gasteiger partial charge in [0.15, 0.2) is 5.16 Å². The van der Waals surface area contributed by atoms with E-state index in [-0.39, 0.29) is 0 Å². The molecule has 0 saturated carbocycles. The Kier molecular flexibility index (Phi) is 4.28. The van der Waals surface area contributed by atoms with Gasteiger partial charge in [-0.1, -0.05) is 50.1 Å². The number of rotatable bonds is 6. The number of unbranched alkanes of at least 4 members (excludes halogenated alkanes) is 3. The molecule has 86 valence electrons. The van der Waals surface area contributed by atoms with Crippen LogP contribution in [0.1, 0.15) is 32.6 Å². The summed E-state index contributed by atoms with van der Waals surface area (Å²) in [4.78, 5) is 7.88. The average Bonchev–Trinajstić information content (AvgIpc) is 2.71. The Hall–Kier alpha value is -0.960. The van der Waals surface area contributed by atoms with E-state index in [1.165, 1.54) is 31.4 Å². The smallest absolute Gasteiger partial charge is 0.166 e. The number of hydrogen-bond donors (Lipinski definition) is 1. The zero-order valence-corrected chi connectivity index (χ0v) is 10.5. The average molecular weight is 234 g/mol. The third kappa shape index (κ3) is 3.01. The number of imidazole rings is 1. The summed E-state index contributed by atoms with van der Waals surface area (Å²) in [5, 5.41) is 1.05. The lowest BCUT2D eigenvalue weighted by molar-refractivity contribution is 0.706. The maximum Gasteiger partial charge on any atom is 0.166 e. The number of hydrogen-bond acceptors (Lipinski definition) is 2. The summed E-state index contributed by atoms with van der Waals surface area (Å²) in [6.45, 7) is 2.24. The fraction of sp³-hybridized carbons (Fsp3) is 0.462. The van der Waals surface area contributed by atoms with Crippen LogP contribution in [0, 0.1) is 0 Å². The first-order valence-corrected chi connectivity index (χ1v) is 6.96. The van der Waals surface area contributed by atoms with Gasteiger partial charge in [-0.05, 0) is 18.6 Å². The standard InChI is InChI=1S/C13H18N2S/c1-2-3-4-7-10-16-13-14-11-8-5-6-9-12(11)15-13/h5-6,8-9H,2-4,7,10H2,1H3,(H,14,15). The minimum Gasteiger partial charge on any atom is -0.333 e. The van der Waals surface area contributed by atoms with E-state index in [4.69, 9.17) is 0 Å². The first-order valence-electron chi connectivity index (χ1n) is 5.97. The highest BCUT2D eigenvalue weighted by Gasteiger charge is 2.01. The fourth-order valence-corrected chi connectivity index (χ4v) is 2.58. The number of thioether (sulfide) groups is 1. The zero-order valence-electron chi connectivity index (χ0n) is 9.70. The van der Waals surface area contributed by atoms with Crippen LogP contribution in [-0.4, -0.2) is 15.7 Å². The molecule has 0 bridgehead atoms. The lowest BCUT2D eigenvalue weighted by Crippen LogP contribution is -1.82. The summed E-state index contributed by atoms with van der Waals surface area (Å²) in [5.41, 5.74) is 2.21. The molecule has 1 N–H and O–H groups in total. The molecule has 2 aromatic rings. The van der Waals surface area contributed by atoms with Gasteiger partial charge >= 0.3 is 0 Å². The van der Waals surface area contributed by atoms with Gasteiger partial charge in [-0.2, -0.15) is 0 Å². The molecule has 0 saturated heterocycles. The summed E-state index contributed by atoms with van der Waals surface area (Å²) in [6.07, 6.45) is 5.27. The maximum atomic E-state index is 4.54. The predicted octanol–water partition coefficient (Wildman–Crippen LogP) is 4.24. The highest BCUT2D eigenvalue weighted by atomic mass is 32.2. The van der Waals surface area contributed by atoms with Crippen molar-refractivity contribution in [2.75, 3.05) is 5.75 Å². The van der Waals surface area contributed by atoms with Crippen molar-refractivity contribution in [2.24, 2.45) is 0 Å². The molecule has 16 heavy (non-hydrogen) atoms. The Balaban J connectivity index is 1.85. The quantitative estimate of drug-likeness (QED) is 0.598. The molecule has 0 aliphatic carbocycles. The minimum absolute atomic E-state index is 1.05. The Morgan fingerprint density at radius 3 is 2.88 bits per heavy atom. The highest BCUT2D eigenvalue weighted by molar-refractivity contribution is 7.99. The zero-order chi connectivity index (χ0) is 11.2. The van der Waals surface area contributed by atoms with Gasteiger partial charge in [0.25, 0.3) is 0 Å². The highest BCUT2D eigenvalue weighted by Crippen LogP contribution is 2.20. The second kappa shape index (κ2) is 5.94. The second-order valence-electron chi connectivity index (χ2n) is 3.97. The molecular formula is C13H18N2S. The van der Waals surface area contributed by atoms with Gasteiger partial charge in [0.05, 0.1) is 11.0 Å². The van der Waals surface area contributed by atoms with Crippen LogP contribution in [0.25, 0.3) is 11.0 Å². The van der Waals surface area contributed by atoms with Crippen molar-refractivity contribution in [1.82, 2.24) is 9.97 Å².